The summed E-state index contributed by atoms with van der Waals surface area (Å²) in [6.45, 7) is 1.48. The monoisotopic (exact) mass is 344 g/mol. The highest BCUT2D eigenvalue weighted by Gasteiger charge is 2.44. The van der Waals surface area contributed by atoms with Gasteiger partial charge in [-0.05, 0) is 35.6 Å². The first-order chi connectivity index (χ1) is 12.0. The van der Waals surface area contributed by atoms with E-state index in [2.05, 4.69) is 0 Å². The number of hydrogen-bond donors (Lipinski definition) is 4. The molecule has 1 heterocycles. The van der Waals surface area contributed by atoms with Gasteiger partial charge in [-0.25, -0.2) is 0 Å². The van der Waals surface area contributed by atoms with Gasteiger partial charge in [0.25, 0.3) is 0 Å². The molecule has 1 saturated heterocycles. The smallest absolute Gasteiger partial charge is 0.113 e. The summed E-state index contributed by atoms with van der Waals surface area (Å²) in [4.78, 5) is 0. The number of rotatable bonds is 4. The van der Waals surface area contributed by atoms with E-state index in [0.717, 1.165) is 23.1 Å². The van der Waals surface area contributed by atoms with Crippen LogP contribution in [0.2, 0.25) is 0 Å². The zero-order valence-corrected chi connectivity index (χ0v) is 14.1. The maximum atomic E-state index is 10.4. The van der Waals surface area contributed by atoms with Crippen molar-refractivity contribution in [2.45, 2.75) is 43.9 Å². The highest BCUT2D eigenvalue weighted by Crippen LogP contribution is 2.34. The minimum Gasteiger partial charge on any atom is -0.394 e. The molecule has 0 spiro atoms. The molecule has 1 aliphatic heterocycles. The largest absolute Gasteiger partial charge is 0.394 e. The lowest BCUT2D eigenvalue weighted by Gasteiger charge is -2.40. The molecule has 4 N–H and O–H groups in total. The molecule has 0 aromatic heterocycles. The quantitative estimate of drug-likeness (QED) is 0.667. The van der Waals surface area contributed by atoms with Crippen LogP contribution in [0.1, 0.15) is 28.4 Å². The normalized spacial score (nSPS) is 29.6. The molecule has 5 nitrogen and oxygen atoms in total. The van der Waals surface area contributed by atoms with Crippen molar-refractivity contribution in [1.82, 2.24) is 0 Å². The molecule has 5 atom stereocenters. The molecule has 5 heteroatoms. The Hall–Kier alpha value is -1.76. The van der Waals surface area contributed by atoms with E-state index in [1.807, 2.05) is 55.5 Å². The average molecular weight is 344 g/mol. The average Bonchev–Trinajstić information content (AvgIpc) is 2.63. The van der Waals surface area contributed by atoms with Crippen LogP contribution >= 0.6 is 0 Å². The summed E-state index contributed by atoms with van der Waals surface area (Å²) in [5.41, 5.74) is 3.90. The van der Waals surface area contributed by atoms with Gasteiger partial charge >= 0.3 is 0 Å². The van der Waals surface area contributed by atoms with Crippen molar-refractivity contribution >= 4 is 0 Å². The minimum absolute atomic E-state index is 0.426. The lowest BCUT2D eigenvalue weighted by Crippen LogP contribution is -2.55. The number of aliphatic hydroxyl groups excluding tert-OH is 4. The van der Waals surface area contributed by atoms with E-state index >= 15 is 0 Å². The zero-order chi connectivity index (χ0) is 18.0. The lowest BCUT2D eigenvalue weighted by atomic mass is 9.88. The van der Waals surface area contributed by atoms with Crippen molar-refractivity contribution in [3.05, 3.63) is 70.8 Å². The molecule has 0 bridgehead atoms. The van der Waals surface area contributed by atoms with Crippen molar-refractivity contribution in [3.8, 4) is 0 Å². The third-order valence-corrected chi connectivity index (χ3v) is 4.79. The van der Waals surface area contributed by atoms with Crippen LogP contribution in [0.3, 0.4) is 0 Å². The molecule has 3 rings (SSSR count). The minimum atomic E-state index is -1.37. The van der Waals surface area contributed by atoms with Crippen molar-refractivity contribution in [1.29, 1.82) is 0 Å². The van der Waals surface area contributed by atoms with Crippen LogP contribution in [-0.2, 0) is 11.2 Å². The number of ether oxygens (including phenoxy) is 1. The van der Waals surface area contributed by atoms with Crippen molar-refractivity contribution in [2.75, 3.05) is 6.61 Å². The first-order valence-electron chi connectivity index (χ1n) is 8.45. The van der Waals surface area contributed by atoms with Gasteiger partial charge in [-0.15, -0.1) is 0 Å². The van der Waals surface area contributed by atoms with E-state index in [1.54, 1.807) is 0 Å². The third kappa shape index (κ3) is 3.76. The summed E-state index contributed by atoms with van der Waals surface area (Å²) in [7, 11) is 0. The van der Waals surface area contributed by atoms with Crippen LogP contribution in [0.4, 0.5) is 0 Å². The molecule has 0 saturated carbocycles. The predicted octanol–water partition coefficient (Wildman–Crippen LogP) is 1.10. The van der Waals surface area contributed by atoms with E-state index in [4.69, 9.17) is 4.74 Å². The summed E-state index contributed by atoms with van der Waals surface area (Å²) in [6.07, 6.45) is -4.93. The summed E-state index contributed by atoms with van der Waals surface area (Å²) in [5.74, 6) is 0. The topological polar surface area (TPSA) is 90.2 Å². The van der Waals surface area contributed by atoms with Crippen LogP contribution in [-0.4, -0.2) is 51.4 Å². The van der Waals surface area contributed by atoms with Crippen LogP contribution < -0.4 is 0 Å². The predicted molar refractivity (Wildman–Crippen MR) is 93.1 cm³/mol. The standard InChI is InChI=1S/C20H24O5/c1-12-7-8-14(9-13-5-3-2-4-6-13)10-15(12)20-19(24)18(23)17(22)16(11-21)25-20/h2-8,10,16-24H,9,11H2,1H3/t16-,17-,18+,19-,20+/m1/s1. The fourth-order valence-corrected chi connectivity index (χ4v) is 3.30. The number of benzene rings is 2. The highest BCUT2D eigenvalue weighted by molar-refractivity contribution is 5.36. The molecule has 0 amide bonds. The zero-order valence-electron chi connectivity index (χ0n) is 14.1. The van der Waals surface area contributed by atoms with Gasteiger partial charge in [0, 0.05) is 0 Å². The third-order valence-electron chi connectivity index (χ3n) is 4.79. The van der Waals surface area contributed by atoms with Gasteiger partial charge in [-0.1, -0.05) is 48.5 Å². The molecule has 134 valence electrons. The Kier molecular flexibility index (Phi) is 5.51. The van der Waals surface area contributed by atoms with Gasteiger partial charge in [-0.2, -0.15) is 0 Å². The van der Waals surface area contributed by atoms with Gasteiger partial charge in [0.05, 0.1) is 6.61 Å². The van der Waals surface area contributed by atoms with E-state index in [1.165, 1.54) is 5.56 Å². The summed E-state index contributed by atoms with van der Waals surface area (Å²) in [6, 6.07) is 16.0. The lowest BCUT2D eigenvalue weighted by molar-refractivity contribution is -0.231. The van der Waals surface area contributed by atoms with E-state index in [9.17, 15) is 20.4 Å². The van der Waals surface area contributed by atoms with Crippen LogP contribution in [0, 0.1) is 6.92 Å². The van der Waals surface area contributed by atoms with Gasteiger partial charge in [0.1, 0.15) is 30.5 Å². The first-order valence-corrected chi connectivity index (χ1v) is 8.45. The van der Waals surface area contributed by atoms with E-state index < -0.39 is 37.1 Å². The Morgan fingerprint density at radius 1 is 0.880 bits per heavy atom. The SMILES string of the molecule is Cc1ccc(Cc2ccccc2)cc1[C@@H]1O[C@H](CO)[C@@H](O)[C@H](O)[C@H]1O. The van der Waals surface area contributed by atoms with Gasteiger partial charge in [0.2, 0.25) is 0 Å². The molecule has 0 unspecified atom stereocenters. The molecular formula is C20H24O5. The Labute approximate surface area is 147 Å². The maximum Gasteiger partial charge on any atom is 0.113 e. The molecule has 2 aromatic carbocycles. The maximum absolute atomic E-state index is 10.4. The van der Waals surface area contributed by atoms with Crippen LogP contribution in [0.25, 0.3) is 0 Å². The number of aliphatic hydroxyl groups is 4. The van der Waals surface area contributed by atoms with Gasteiger partial charge < -0.3 is 25.2 Å². The molecule has 0 aliphatic carbocycles. The van der Waals surface area contributed by atoms with Crippen molar-refractivity contribution in [3.63, 3.8) is 0 Å². The Balaban J connectivity index is 1.89. The van der Waals surface area contributed by atoms with Gasteiger partial charge in [-0.3, -0.25) is 0 Å². The van der Waals surface area contributed by atoms with Crippen molar-refractivity contribution in [2.24, 2.45) is 0 Å². The number of aryl methyl sites for hydroxylation is 1. The molecule has 25 heavy (non-hydrogen) atoms. The van der Waals surface area contributed by atoms with Crippen molar-refractivity contribution < 1.29 is 25.2 Å². The number of hydrogen-bond acceptors (Lipinski definition) is 5. The Morgan fingerprint density at radius 2 is 1.60 bits per heavy atom. The summed E-state index contributed by atoms with van der Waals surface area (Å²) in [5, 5.41) is 39.7. The molecule has 1 aliphatic rings. The second-order valence-corrected chi connectivity index (χ2v) is 6.60. The molecule has 1 fully saturated rings. The molecule has 2 aromatic rings. The van der Waals surface area contributed by atoms with E-state index in [0.29, 0.717) is 0 Å². The Morgan fingerprint density at radius 3 is 2.28 bits per heavy atom. The second-order valence-electron chi connectivity index (χ2n) is 6.60. The molecular weight excluding hydrogens is 320 g/mol. The first kappa shape index (κ1) is 18.0. The second kappa shape index (κ2) is 7.64. The highest BCUT2D eigenvalue weighted by atomic mass is 16.5. The fraction of sp³-hybridized carbons (Fsp3) is 0.400. The van der Waals surface area contributed by atoms with E-state index in [-0.39, 0.29) is 0 Å². The Bertz CT molecular complexity index is 700. The summed E-state index contributed by atoms with van der Waals surface area (Å²) < 4.78 is 5.69. The van der Waals surface area contributed by atoms with Crippen LogP contribution in [0.15, 0.2) is 48.5 Å². The summed E-state index contributed by atoms with van der Waals surface area (Å²) >= 11 is 0. The van der Waals surface area contributed by atoms with Gasteiger partial charge in [0.15, 0.2) is 0 Å². The fourth-order valence-electron chi connectivity index (χ4n) is 3.30. The molecule has 0 radical (unpaired) electrons. The van der Waals surface area contributed by atoms with Crippen LogP contribution in [0.5, 0.6) is 0 Å².